The maximum absolute atomic E-state index is 10.4. The Morgan fingerprint density at radius 2 is 1.67 bits per heavy atom. The zero-order valence-corrected chi connectivity index (χ0v) is 5.34. The molecule has 0 saturated heterocycles. The van der Waals surface area contributed by atoms with E-state index < -0.39 is 6.04 Å². The van der Waals surface area contributed by atoms with Crippen LogP contribution in [0, 0.1) is 0 Å². The lowest BCUT2D eigenvalue weighted by Crippen LogP contribution is -2.38. The second-order valence-electron chi connectivity index (χ2n) is 1.78. The van der Waals surface area contributed by atoms with Gasteiger partial charge in [-0.15, -0.1) is 0 Å². The molecule has 0 rings (SSSR count). The third kappa shape index (κ3) is 2.34. The minimum absolute atomic E-state index is 0.384. The number of hydroxylamine groups is 1. The molecular weight excluding hydrogens is 122 g/mol. The zero-order valence-electron chi connectivity index (χ0n) is 5.34. The molecule has 0 aromatic carbocycles. The van der Waals surface area contributed by atoms with Crippen LogP contribution in [-0.2, 0) is 9.59 Å². The lowest BCUT2D eigenvalue weighted by atomic mass is 10.1. The number of ketones is 2. The Kier molecular flexibility index (Phi) is 3.05. The van der Waals surface area contributed by atoms with Crippen LogP contribution in [-0.4, -0.2) is 22.8 Å². The van der Waals surface area contributed by atoms with E-state index in [0.717, 1.165) is 0 Å². The van der Waals surface area contributed by atoms with E-state index in [0.29, 0.717) is 0 Å². The number of carbonyl (C=O) groups is 2. The van der Waals surface area contributed by atoms with E-state index in [4.69, 9.17) is 5.21 Å². The molecule has 0 amide bonds. The summed E-state index contributed by atoms with van der Waals surface area (Å²) in [5, 5.41) is 8.18. The second-order valence-corrected chi connectivity index (χ2v) is 1.78. The van der Waals surface area contributed by atoms with Crippen LogP contribution in [0.25, 0.3) is 0 Å². The van der Waals surface area contributed by atoms with Crippen LogP contribution in [0.3, 0.4) is 0 Å². The first-order valence-electron chi connectivity index (χ1n) is 2.50. The average Bonchev–Trinajstić information content (AvgIpc) is 1.64. The first kappa shape index (κ1) is 8.26. The summed E-state index contributed by atoms with van der Waals surface area (Å²) in [5.41, 5.74) is 1.60. The third-order valence-corrected chi connectivity index (χ3v) is 0.942. The highest BCUT2D eigenvalue weighted by Gasteiger charge is 2.16. The molecule has 2 N–H and O–H groups in total. The van der Waals surface area contributed by atoms with Crippen molar-refractivity contribution in [2.24, 2.45) is 0 Å². The van der Waals surface area contributed by atoms with Crippen molar-refractivity contribution in [1.29, 1.82) is 0 Å². The van der Waals surface area contributed by atoms with E-state index in [-0.39, 0.29) is 11.6 Å². The fourth-order valence-electron chi connectivity index (χ4n) is 0.468. The lowest BCUT2D eigenvalue weighted by molar-refractivity contribution is -0.131. The fraction of sp³-hybridized carbons (Fsp3) is 0.600. The third-order valence-electron chi connectivity index (χ3n) is 0.942. The SMILES string of the molecule is CC(=O)C(NO)C(C)=O. The molecule has 0 bridgehead atoms. The maximum Gasteiger partial charge on any atom is 0.156 e. The normalized spacial score (nSPS) is 9.78. The number of nitrogens with one attached hydrogen (secondary N) is 1. The van der Waals surface area contributed by atoms with E-state index in [9.17, 15) is 9.59 Å². The molecule has 0 aromatic rings. The summed E-state index contributed by atoms with van der Waals surface area (Å²) in [6, 6.07) is -1.05. The number of Topliss-reactive ketones (excluding diaryl/α,β-unsaturated/α-hetero) is 2. The topological polar surface area (TPSA) is 66.4 Å². The standard InChI is InChI=1S/C5H9NO3/c1-3(7)5(6-9)4(2)8/h5-6,9H,1-2H3. The quantitative estimate of drug-likeness (QED) is 0.400. The monoisotopic (exact) mass is 131 g/mol. The van der Waals surface area contributed by atoms with Crippen LogP contribution in [0.4, 0.5) is 0 Å². The highest BCUT2D eigenvalue weighted by atomic mass is 16.5. The van der Waals surface area contributed by atoms with E-state index in [1.165, 1.54) is 13.8 Å². The van der Waals surface area contributed by atoms with Crippen molar-refractivity contribution in [2.45, 2.75) is 19.9 Å². The fourth-order valence-corrected chi connectivity index (χ4v) is 0.468. The van der Waals surface area contributed by atoms with Crippen molar-refractivity contribution in [2.75, 3.05) is 0 Å². The summed E-state index contributed by atoms with van der Waals surface area (Å²) in [6.07, 6.45) is 0. The van der Waals surface area contributed by atoms with Gasteiger partial charge in [-0.25, -0.2) is 0 Å². The van der Waals surface area contributed by atoms with Crippen LogP contribution in [0.1, 0.15) is 13.8 Å². The van der Waals surface area contributed by atoms with Gasteiger partial charge in [-0.1, -0.05) is 0 Å². The van der Waals surface area contributed by atoms with Crippen LogP contribution in [0.15, 0.2) is 0 Å². The van der Waals surface area contributed by atoms with E-state index >= 15 is 0 Å². The van der Waals surface area contributed by atoms with Gasteiger partial charge in [0.05, 0.1) is 0 Å². The van der Waals surface area contributed by atoms with Gasteiger partial charge < -0.3 is 5.21 Å². The number of carbonyl (C=O) groups excluding carboxylic acids is 2. The van der Waals surface area contributed by atoms with Crippen molar-refractivity contribution in [1.82, 2.24) is 5.48 Å². The van der Waals surface area contributed by atoms with Crippen LogP contribution >= 0.6 is 0 Å². The highest BCUT2D eigenvalue weighted by Crippen LogP contribution is 1.84. The first-order valence-corrected chi connectivity index (χ1v) is 2.50. The summed E-state index contributed by atoms with van der Waals surface area (Å²) in [6.45, 7) is 2.46. The van der Waals surface area contributed by atoms with Gasteiger partial charge in [0.2, 0.25) is 0 Å². The molecule has 0 aliphatic rings. The minimum atomic E-state index is -1.05. The highest BCUT2D eigenvalue weighted by molar-refractivity contribution is 6.04. The van der Waals surface area contributed by atoms with Gasteiger partial charge in [-0.05, 0) is 13.8 Å². The molecule has 0 fully saturated rings. The molecule has 4 heteroatoms. The number of hydrogen-bond donors (Lipinski definition) is 2. The first-order chi connectivity index (χ1) is 4.09. The van der Waals surface area contributed by atoms with Crippen molar-refractivity contribution < 1.29 is 14.8 Å². The van der Waals surface area contributed by atoms with Crippen LogP contribution in [0.5, 0.6) is 0 Å². The Morgan fingerprint density at radius 1 is 1.33 bits per heavy atom. The van der Waals surface area contributed by atoms with Gasteiger partial charge in [0.15, 0.2) is 11.6 Å². The van der Waals surface area contributed by atoms with Crippen LogP contribution in [0.2, 0.25) is 0 Å². The summed E-state index contributed by atoms with van der Waals surface area (Å²) >= 11 is 0. The molecule has 0 aromatic heterocycles. The van der Waals surface area contributed by atoms with Crippen molar-refractivity contribution in [3.63, 3.8) is 0 Å². The summed E-state index contributed by atoms with van der Waals surface area (Å²) in [5.74, 6) is -0.769. The van der Waals surface area contributed by atoms with Crippen molar-refractivity contribution in [3.8, 4) is 0 Å². The molecule has 0 radical (unpaired) electrons. The molecule has 0 heterocycles. The molecule has 9 heavy (non-hydrogen) atoms. The zero-order chi connectivity index (χ0) is 7.44. The Balaban J connectivity index is 3.99. The van der Waals surface area contributed by atoms with Crippen molar-refractivity contribution in [3.05, 3.63) is 0 Å². The predicted octanol–water partition coefficient (Wildman–Crippen LogP) is -0.488. The molecule has 0 aliphatic heterocycles. The molecule has 0 atom stereocenters. The smallest absolute Gasteiger partial charge is 0.156 e. The van der Waals surface area contributed by atoms with E-state index in [1.807, 2.05) is 0 Å². The average molecular weight is 131 g/mol. The molecule has 0 aliphatic carbocycles. The van der Waals surface area contributed by atoms with Gasteiger partial charge in [0.1, 0.15) is 6.04 Å². The Morgan fingerprint density at radius 3 is 1.67 bits per heavy atom. The van der Waals surface area contributed by atoms with Gasteiger partial charge in [0, 0.05) is 0 Å². The largest absolute Gasteiger partial charge is 0.316 e. The van der Waals surface area contributed by atoms with Crippen molar-refractivity contribution >= 4 is 11.6 Å². The van der Waals surface area contributed by atoms with Gasteiger partial charge in [-0.3, -0.25) is 9.59 Å². The molecular formula is C5H9NO3. The minimum Gasteiger partial charge on any atom is -0.316 e. The molecule has 52 valence electrons. The Hall–Kier alpha value is -0.740. The molecule has 0 unspecified atom stereocenters. The Bertz CT molecular complexity index is 118. The summed E-state index contributed by atoms with van der Waals surface area (Å²) in [7, 11) is 0. The van der Waals surface area contributed by atoms with E-state index in [1.54, 1.807) is 5.48 Å². The van der Waals surface area contributed by atoms with Gasteiger partial charge >= 0.3 is 0 Å². The number of rotatable bonds is 3. The maximum atomic E-state index is 10.4. The van der Waals surface area contributed by atoms with Gasteiger partial charge in [-0.2, -0.15) is 5.48 Å². The van der Waals surface area contributed by atoms with Crippen LogP contribution < -0.4 is 5.48 Å². The summed E-state index contributed by atoms with van der Waals surface area (Å²) < 4.78 is 0. The van der Waals surface area contributed by atoms with E-state index in [2.05, 4.69) is 0 Å². The number of hydrogen-bond acceptors (Lipinski definition) is 4. The summed E-state index contributed by atoms with van der Waals surface area (Å²) in [4.78, 5) is 20.7. The lowest BCUT2D eigenvalue weighted by Gasteiger charge is -2.04. The molecule has 4 nitrogen and oxygen atoms in total. The predicted molar refractivity (Wildman–Crippen MR) is 30.1 cm³/mol. The molecule has 0 spiro atoms. The molecule has 0 saturated carbocycles. The second kappa shape index (κ2) is 3.32. The Labute approximate surface area is 52.8 Å². The van der Waals surface area contributed by atoms with Gasteiger partial charge in [0.25, 0.3) is 0 Å².